The highest BCUT2D eigenvalue weighted by Gasteiger charge is 2.57. The summed E-state index contributed by atoms with van der Waals surface area (Å²) < 4.78 is 12.0. The molecule has 0 bridgehead atoms. The molecule has 0 saturated heterocycles. The van der Waals surface area contributed by atoms with Gasteiger partial charge in [-0.05, 0) is 42.9 Å². The van der Waals surface area contributed by atoms with Gasteiger partial charge in [-0.1, -0.05) is 48.5 Å². The zero-order valence-corrected chi connectivity index (χ0v) is 12.7. The molecule has 1 fully saturated rings. The van der Waals surface area contributed by atoms with Crippen LogP contribution in [0.1, 0.15) is 18.4 Å². The number of alkyl halides is 1. The van der Waals surface area contributed by atoms with Crippen molar-refractivity contribution in [1.82, 2.24) is 0 Å². The summed E-state index contributed by atoms with van der Waals surface area (Å²) in [7, 11) is -1.11. The molecular formula is C17H17ClOS. The molecule has 0 aromatic heterocycles. The lowest BCUT2D eigenvalue weighted by Gasteiger charge is -2.09. The molecule has 20 heavy (non-hydrogen) atoms. The van der Waals surface area contributed by atoms with Crippen molar-refractivity contribution in [1.29, 1.82) is 0 Å². The molecule has 1 nitrogen and oxygen atoms in total. The second-order valence-electron chi connectivity index (χ2n) is 5.29. The molecule has 1 saturated carbocycles. The molecular weight excluding hydrogens is 288 g/mol. The number of rotatable bonds is 5. The SMILES string of the molecule is O=S(c1ccccc1)C1(Cl)CC1CCc1ccccc1. The van der Waals surface area contributed by atoms with E-state index in [1.165, 1.54) is 5.56 Å². The maximum Gasteiger partial charge on any atom is 0.127 e. The van der Waals surface area contributed by atoms with E-state index in [0.717, 1.165) is 24.2 Å². The monoisotopic (exact) mass is 304 g/mol. The third-order valence-electron chi connectivity index (χ3n) is 3.86. The minimum atomic E-state index is -1.11. The van der Waals surface area contributed by atoms with Gasteiger partial charge >= 0.3 is 0 Å². The third-order valence-corrected chi connectivity index (χ3v) is 6.56. The average molecular weight is 305 g/mol. The van der Waals surface area contributed by atoms with Crippen LogP contribution in [-0.4, -0.2) is 8.42 Å². The average Bonchev–Trinajstić information content (AvgIpc) is 3.18. The molecule has 1 aliphatic rings. The van der Waals surface area contributed by atoms with Gasteiger partial charge in [-0.15, -0.1) is 11.6 Å². The van der Waals surface area contributed by atoms with Gasteiger partial charge in [0.2, 0.25) is 0 Å². The van der Waals surface area contributed by atoms with E-state index in [-0.39, 0.29) is 0 Å². The molecule has 0 heterocycles. The molecule has 0 spiro atoms. The molecule has 3 unspecified atom stereocenters. The Labute approximate surface area is 127 Å². The van der Waals surface area contributed by atoms with E-state index in [1.807, 2.05) is 36.4 Å². The summed E-state index contributed by atoms with van der Waals surface area (Å²) in [5.74, 6) is 0.352. The molecule has 3 atom stereocenters. The van der Waals surface area contributed by atoms with Crippen molar-refractivity contribution < 1.29 is 4.21 Å². The highest BCUT2D eigenvalue weighted by molar-refractivity contribution is 7.88. The molecule has 0 amide bonds. The van der Waals surface area contributed by atoms with Crippen LogP contribution in [0.25, 0.3) is 0 Å². The first kappa shape index (κ1) is 13.8. The second-order valence-corrected chi connectivity index (χ2v) is 7.93. The van der Waals surface area contributed by atoms with Crippen LogP contribution in [-0.2, 0) is 17.2 Å². The van der Waals surface area contributed by atoms with Gasteiger partial charge in [0.05, 0.1) is 10.8 Å². The van der Waals surface area contributed by atoms with Crippen molar-refractivity contribution in [3.05, 3.63) is 66.2 Å². The smallest absolute Gasteiger partial charge is 0.127 e. The Morgan fingerprint density at radius 3 is 2.30 bits per heavy atom. The van der Waals surface area contributed by atoms with Crippen LogP contribution in [0.3, 0.4) is 0 Å². The van der Waals surface area contributed by atoms with E-state index in [1.54, 1.807) is 0 Å². The summed E-state index contributed by atoms with van der Waals surface area (Å²) in [6.07, 6.45) is 2.86. The van der Waals surface area contributed by atoms with Gasteiger partial charge in [-0.2, -0.15) is 0 Å². The maximum atomic E-state index is 12.5. The summed E-state index contributed by atoms with van der Waals surface area (Å²) in [5.41, 5.74) is 1.32. The summed E-state index contributed by atoms with van der Waals surface area (Å²) >= 11 is 6.56. The third kappa shape index (κ3) is 2.82. The van der Waals surface area contributed by atoms with E-state index >= 15 is 0 Å². The van der Waals surface area contributed by atoms with Gasteiger partial charge in [-0.25, -0.2) is 0 Å². The fourth-order valence-electron chi connectivity index (χ4n) is 2.55. The zero-order chi connectivity index (χ0) is 14.0. The Morgan fingerprint density at radius 2 is 1.65 bits per heavy atom. The molecule has 104 valence electrons. The maximum absolute atomic E-state index is 12.5. The number of benzene rings is 2. The van der Waals surface area contributed by atoms with Crippen molar-refractivity contribution in [2.75, 3.05) is 0 Å². The van der Waals surface area contributed by atoms with Gasteiger partial charge in [0.1, 0.15) is 4.21 Å². The molecule has 2 aromatic carbocycles. The number of aryl methyl sites for hydroxylation is 1. The topological polar surface area (TPSA) is 17.1 Å². The van der Waals surface area contributed by atoms with Crippen LogP contribution in [0.5, 0.6) is 0 Å². The van der Waals surface area contributed by atoms with E-state index in [9.17, 15) is 4.21 Å². The predicted octanol–water partition coefficient (Wildman–Crippen LogP) is 4.38. The van der Waals surface area contributed by atoms with Crippen molar-refractivity contribution >= 4 is 22.4 Å². The highest BCUT2D eigenvalue weighted by atomic mass is 35.5. The van der Waals surface area contributed by atoms with Crippen LogP contribution in [0, 0.1) is 5.92 Å². The van der Waals surface area contributed by atoms with Crippen molar-refractivity contribution in [3.8, 4) is 0 Å². The van der Waals surface area contributed by atoms with Crippen LogP contribution in [0.15, 0.2) is 65.6 Å². The van der Waals surface area contributed by atoms with Crippen LogP contribution in [0.2, 0.25) is 0 Å². The molecule has 3 heteroatoms. The first-order valence-electron chi connectivity index (χ1n) is 6.90. The minimum Gasteiger partial charge on any atom is -0.252 e. The Balaban J connectivity index is 1.61. The molecule has 0 radical (unpaired) electrons. The van der Waals surface area contributed by atoms with Crippen molar-refractivity contribution in [2.45, 2.75) is 28.4 Å². The van der Waals surface area contributed by atoms with E-state index in [2.05, 4.69) is 24.3 Å². The van der Waals surface area contributed by atoms with Crippen molar-refractivity contribution in [3.63, 3.8) is 0 Å². The van der Waals surface area contributed by atoms with Crippen LogP contribution < -0.4 is 0 Å². The number of hydrogen-bond donors (Lipinski definition) is 0. The fourth-order valence-corrected chi connectivity index (χ4v) is 4.68. The van der Waals surface area contributed by atoms with E-state index < -0.39 is 15.0 Å². The normalized spacial score (nSPS) is 26.1. The predicted molar refractivity (Wildman–Crippen MR) is 84.3 cm³/mol. The van der Waals surface area contributed by atoms with Crippen LogP contribution >= 0.6 is 11.6 Å². The minimum absolute atomic E-state index is 0.352. The molecule has 3 rings (SSSR count). The summed E-state index contributed by atoms with van der Waals surface area (Å²) in [4.78, 5) is 0.838. The standard InChI is InChI=1S/C17H17ClOS/c18-17(20(19)16-9-5-2-6-10-16)13-15(17)12-11-14-7-3-1-4-8-14/h1-10,15H,11-13H2. The van der Waals surface area contributed by atoms with Crippen molar-refractivity contribution in [2.24, 2.45) is 5.92 Å². The van der Waals surface area contributed by atoms with Gasteiger partial charge in [0.25, 0.3) is 0 Å². The quantitative estimate of drug-likeness (QED) is 0.749. The summed E-state index contributed by atoms with van der Waals surface area (Å²) in [6, 6.07) is 19.9. The lowest BCUT2D eigenvalue weighted by molar-refractivity contribution is 0.668. The van der Waals surface area contributed by atoms with Gasteiger partial charge in [0.15, 0.2) is 0 Å². The lowest BCUT2D eigenvalue weighted by atomic mass is 10.1. The van der Waals surface area contributed by atoms with Gasteiger partial charge < -0.3 is 0 Å². The largest absolute Gasteiger partial charge is 0.252 e. The van der Waals surface area contributed by atoms with Crippen LogP contribution in [0.4, 0.5) is 0 Å². The van der Waals surface area contributed by atoms with E-state index in [0.29, 0.717) is 5.92 Å². The Bertz CT molecular complexity index is 599. The molecule has 2 aromatic rings. The van der Waals surface area contributed by atoms with Gasteiger partial charge in [-0.3, -0.25) is 4.21 Å². The Morgan fingerprint density at radius 1 is 1.05 bits per heavy atom. The zero-order valence-electron chi connectivity index (χ0n) is 11.2. The Hall–Kier alpha value is -1.12. The highest BCUT2D eigenvalue weighted by Crippen LogP contribution is 2.56. The van der Waals surface area contributed by atoms with E-state index in [4.69, 9.17) is 11.6 Å². The molecule has 1 aliphatic carbocycles. The lowest BCUT2D eigenvalue weighted by Crippen LogP contribution is -2.12. The first-order chi connectivity index (χ1) is 9.70. The second kappa shape index (κ2) is 5.71. The van der Waals surface area contributed by atoms with Gasteiger partial charge in [0, 0.05) is 4.90 Å². The summed E-state index contributed by atoms with van der Waals surface area (Å²) in [6.45, 7) is 0. The fraction of sp³-hybridized carbons (Fsp3) is 0.294. The number of hydrogen-bond acceptors (Lipinski definition) is 1. The molecule has 0 aliphatic heterocycles. The molecule has 0 N–H and O–H groups in total. The first-order valence-corrected chi connectivity index (χ1v) is 8.43. The summed E-state index contributed by atoms with van der Waals surface area (Å²) in [5, 5.41) is 0. The number of halogens is 1. The Kier molecular flexibility index (Phi) is 3.95.